The van der Waals surface area contributed by atoms with E-state index in [1.54, 1.807) is 0 Å². The van der Waals surface area contributed by atoms with Gasteiger partial charge in [0.15, 0.2) is 11.6 Å². The highest BCUT2D eigenvalue weighted by Crippen LogP contribution is 2.28. The number of para-hydroxylation sites is 1. The van der Waals surface area contributed by atoms with Crippen LogP contribution in [0.3, 0.4) is 0 Å². The summed E-state index contributed by atoms with van der Waals surface area (Å²) < 4.78 is 29.3. The third kappa shape index (κ3) is 5.71. The summed E-state index contributed by atoms with van der Waals surface area (Å²) in [4.78, 5) is 19.3. The number of hydrogen-bond donors (Lipinski definition) is 2. The summed E-state index contributed by atoms with van der Waals surface area (Å²) in [5, 5.41) is 0. The van der Waals surface area contributed by atoms with Crippen LogP contribution < -0.4 is 11.5 Å². The van der Waals surface area contributed by atoms with Crippen molar-refractivity contribution in [3.05, 3.63) is 78.0 Å². The molecule has 0 spiro atoms. The topological polar surface area (TPSA) is 99.3 Å². The lowest BCUT2D eigenvalue weighted by atomic mass is 10.0. The Morgan fingerprint density at radius 2 is 1.67 bits per heavy atom. The Bertz CT molecular complexity index is 1250. The van der Waals surface area contributed by atoms with Gasteiger partial charge in [0, 0.05) is 18.8 Å². The highest BCUT2D eigenvalue weighted by molar-refractivity contribution is 5.98. The molecule has 0 aliphatic heterocycles. The number of hydrogen-bond acceptors (Lipinski definition) is 5. The number of nitrogen functional groups attached to an aromatic ring is 2. The number of anilines is 2. The second kappa shape index (κ2) is 11.2. The summed E-state index contributed by atoms with van der Waals surface area (Å²) in [7, 11) is 0. The fraction of sp³-hybridized carbons (Fsp3) is 0.240. The van der Waals surface area contributed by atoms with Crippen molar-refractivity contribution in [3.63, 3.8) is 0 Å². The fourth-order valence-electron chi connectivity index (χ4n) is 3.14. The van der Waals surface area contributed by atoms with Crippen molar-refractivity contribution in [1.29, 1.82) is 0 Å². The SMILES string of the molecule is CC.CC(=O)c1ncn2cc(-c3c(F)ccc(N)c3F)ncc12.CC(C)c1ccccc1N. The molecule has 0 saturated heterocycles. The third-order valence-corrected chi connectivity index (χ3v) is 4.75. The Morgan fingerprint density at radius 1 is 1.00 bits per heavy atom. The van der Waals surface area contributed by atoms with Crippen LogP contribution in [0.15, 0.2) is 55.1 Å². The monoisotopic (exact) mass is 453 g/mol. The van der Waals surface area contributed by atoms with E-state index >= 15 is 0 Å². The number of carbonyl (C=O) groups excluding carboxylic acids is 1. The number of nitrogens with zero attached hydrogens (tertiary/aromatic N) is 3. The predicted octanol–water partition coefficient (Wildman–Crippen LogP) is 5.88. The van der Waals surface area contributed by atoms with Gasteiger partial charge in [-0.25, -0.2) is 13.8 Å². The van der Waals surface area contributed by atoms with Gasteiger partial charge in [0.2, 0.25) is 0 Å². The van der Waals surface area contributed by atoms with E-state index in [9.17, 15) is 13.6 Å². The molecule has 4 aromatic rings. The maximum atomic E-state index is 14.0. The summed E-state index contributed by atoms with van der Waals surface area (Å²) in [6.07, 6.45) is 4.14. The lowest BCUT2D eigenvalue weighted by Crippen LogP contribution is -2.00. The molecule has 174 valence electrons. The van der Waals surface area contributed by atoms with Gasteiger partial charge in [0.05, 0.1) is 28.7 Å². The van der Waals surface area contributed by atoms with Crippen molar-refractivity contribution in [1.82, 2.24) is 14.4 Å². The highest BCUT2D eigenvalue weighted by atomic mass is 19.1. The molecule has 0 radical (unpaired) electrons. The van der Waals surface area contributed by atoms with E-state index in [0.29, 0.717) is 11.4 Å². The number of fused-ring (bicyclic) bond motifs is 1. The average molecular weight is 454 g/mol. The van der Waals surface area contributed by atoms with Crippen molar-refractivity contribution in [2.24, 2.45) is 0 Å². The van der Waals surface area contributed by atoms with Gasteiger partial charge in [-0.2, -0.15) is 0 Å². The molecule has 0 unspecified atom stereocenters. The highest BCUT2D eigenvalue weighted by Gasteiger charge is 2.17. The van der Waals surface area contributed by atoms with Crippen LogP contribution in [-0.2, 0) is 0 Å². The number of rotatable bonds is 3. The molecule has 0 aliphatic carbocycles. The van der Waals surface area contributed by atoms with Crippen molar-refractivity contribution in [3.8, 4) is 11.3 Å². The zero-order chi connectivity index (χ0) is 24.7. The van der Waals surface area contributed by atoms with Crippen LogP contribution in [0.2, 0.25) is 0 Å². The molecule has 4 N–H and O–H groups in total. The quantitative estimate of drug-likeness (QED) is 0.298. The number of imidazole rings is 1. The number of aromatic nitrogens is 3. The summed E-state index contributed by atoms with van der Waals surface area (Å²) in [6, 6.07) is 10.2. The minimum atomic E-state index is -0.867. The molecule has 0 atom stereocenters. The summed E-state index contributed by atoms with van der Waals surface area (Å²) in [5.41, 5.74) is 13.6. The van der Waals surface area contributed by atoms with Crippen LogP contribution >= 0.6 is 0 Å². The maximum Gasteiger partial charge on any atom is 0.180 e. The molecule has 2 aromatic heterocycles. The van der Waals surface area contributed by atoms with Crippen LogP contribution in [0.4, 0.5) is 20.2 Å². The smallest absolute Gasteiger partial charge is 0.180 e. The number of halogens is 2. The largest absolute Gasteiger partial charge is 0.398 e. The van der Waals surface area contributed by atoms with Crippen LogP contribution in [0.25, 0.3) is 16.8 Å². The van der Waals surface area contributed by atoms with E-state index in [-0.39, 0.29) is 28.4 Å². The molecule has 0 aliphatic rings. The van der Waals surface area contributed by atoms with Crippen LogP contribution in [-0.4, -0.2) is 20.2 Å². The van der Waals surface area contributed by atoms with Gasteiger partial charge in [0.25, 0.3) is 0 Å². The van der Waals surface area contributed by atoms with Crippen LogP contribution in [0.1, 0.15) is 56.6 Å². The molecule has 2 aromatic carbocycles. The maximum absolute atomic E-state index is 14.0. The fourth-order valence-corrected chi connectivity index (χ4v) is 3.14. The van der Waals surface area contributed by atoms with E-state index in [1.807, 2.05) is 32.0 Å². The van der Waals surface area contributed by atoms with Crippen molar-refractivity contribution < 1.29 is 13.6 Å². The molecular formula is C25H29F2N5O. The van der Waals surface area contributed by atoms with Gasteiger partial charge in [0.1, 0.15) is 17.8 Å². The average Bonchev–Trinajstić information content (AvgIpc) is 3.22. The van der Waals surface area contributed by atoms with Gasteiger partial charge in [-0.3, -0.25) is 9.78 Å². The minimum absolute atomic E-state index is 0.0669. The Morgan fingerprint density at radius 3 is 2.24 bits per heavy atom. The zero-order valence-corrected chi connectivity index (χ0v) is 19.4. The molecule has 0 amide bonds. The lowest BCUT2D eigenvalue weighted by molar-refractivity contribution is 0.101. The van der Waals surface area contributed by atoms with Crippen molar-refractivity contribution >= 4 is 22.7 Å². The third-order valence-electron chi connectivity index (χ3n) is 4.75. The number of nitrogens with two attached hydrogens (primary N) is 2. The molecule has 0 saturated carbocycles. The van der Waals surface area contributed by atoms with Gasteiger partial charge < -0.3 is 15.9 Å². The van der Waals surface area contributed by atoms with Gasteiger partial charge in [-0.1, -0.05) is 45.9 Å². The Kier molecular flexibility index (Phi) is 8.62. The molecular weight excluding hydrogens is 424 g/mol. The molecule has 0 fully saturated rings. The van der Waals surface area contributed by atoms with E-state index in [1.165, 1.54) is 35.6 Å². The number of Topliss-reactive ketones (excluding diaryl/α,β-unsaturated/α-hetero) is 1. The van der Waals surface area contributed by atoms with Crippen molar-refractivity contribution in [2.75, 3.05) is 11.5 Å². The van der Waals surface area contributed by atoms with Crippen molar-refractivity contribution in [2.45, 2.75) is 40.5 Å². The summed E-state index contributed by atoms with van der Waals surface area (Å²) in [6.45, 7) is 9.67. The first-order chi connectivity index (χ1) is 15.7. The van der Waals surface area contributed by atoms with Crippen LogP contribution in [0.5, 0.6) is 0 Å². The summed E-state index contributed by atoms with van der Waals surface area (Å²) in [5.74, 6) is -1.32. The molecule has 6 nitrogen and oxygen atoms in total. The second-order valence-electron chi connectivity index (χ2n) is 7.32. The first-order valence-corrected chi connectivity index (χ1v) is 10.6. The predicted molar refractivity (Wildman–Crippen MR) is 129 cm³/mol. The first kappa shape index (κ1) is 25.5. The Hall–Kier alpha value is -3.81. The minimum Gasteiger partial charge on any atom is -0.398 e. The number of benzene rings is 2. The number of ketones is 1. The van der Waals surface area contributed by atoms with Gasteiger partial charge >= 0.3 is 0 Å². The lowest BCUT2D eigenvalue weighted by Gasteiger charge is -2.07. The normalized spacial score (nSPS) is 10.3. The molecule has 8 heteroatoms. The number of carbonyl (C=O) groups is 1. The summed E-state index contributed by atoms with van der Waals surface area (Å²) >= 11 is 0. The van der Waals surface area contributed by atoms with E-state index < -0.39 is 11.6 Å². The van der Waals surface area contributed by atoms with E-state index in [0.717, 1.165) is 17.8 Å². The zero-order valence-electron chi connectivity index (χ0n) is 19.4. The molecule has 0 bridgehead atoms. The first-order valence-electron chi connectivity index (χ1n) is 10.6. The van der Waals surface area contributed by atoms with Gasteiger partial charge in [-0.15, -0.1) is 0 Å². The molecule has 2 heterocycles. The standard InChI is InChI=1S/C14H10F2N4O.C9H13N.C2H6/c1-7(21)14-11-4-18-10(5-20(11)6-19-14)12-8(15)2-3-9(17)13(12)16;1-7(2)8-5-3-4-6-9(8)10;1-2/h2-6H,17H2,1H3;3-7H,10H2,1-2H3;1-2H3. The van der Waals surface area contributed by atoms with Gasteiger partial charge in [-0.05, 0) is 29.7 Å². The Labute approximate surface area is 192 Å². The molecule has 33 heavy (non-hydrogen) atoms. The van der Waals surface area contributed by atoms with Crippen LogP contribution in [0, 0.1) is 11.6 Å². The second-order valence-corrected chi connectivity index (χ2v) is 7.32. The Balaban J connectivity index is 0.000000270. The van der Waals surface area contributed by atoms with E-state index in [2.05, 4.69) is 29.9 Å². The van der Waals surface area contributed by atoms with E-state index in [4.69, 9.17) is 11.5 Å². The molecule has 4 rings (SSSR count).